The van der Waals surface area contributed by atoms with Crippen molar-refractivity contribution in [3.05, 3.63) is 64.0 Å². The Morgan fingerprint density at radius 1 is 1.18 bits per heavy atom. The molecule has 0 saturated carbocycles. The maximum Gasteiger partial charge on any atom is 0.410 e. The molecule has 3 aromatic heterocycles. The zero-order chi connectivity index (χ0) is 28.4. The van der Waals surface area contributed by atoms with Gasteiger partial charge in [0.25, 0.3) is 0 Å². The number of aromatic nitrogens is 3. The molecule has 0 radical (unpaired) electrons. The number of pyridine rings is 1. The molecule has 1 aliphatic rings. The predicted octanol–water partition coefficient (Wildman–Crippen LogP) is 5.70. The minimum atomic E-state index is -0.515. The molecular formula is C29H32FN7O2S. The lowest BCUT2D eigenvalue weighted by molar-refractivity contribution is 0.0240. The number of nitriles is 1. The van der Waals surface area contributed by atoms with Crippen molar-refractivity contribution in [3.63, 3.8) is 0 Å². The van der Waals surface area contributed by atoms with Crippen LogP contribution in [0.25, 0.3) is 16.8 Å². The van der Waals surface area contributed by atoms with Crippen molar-refractivity contribution in [1.82, 2.24) is 19.5 Å². The fourth-order valence-electron chi connectivity index (χ4n) is 4.68. The Balaban J connectivity index is 1.33. The van der Waals surface area contributed by atoms with Crippen molar-refractivity contribution in [2.75, 3.05) is 36.4 Å². The van der Waals surface area contributed by atoms with Crippen LogP contribution in [0.4, 0.5) is 20.6 Å². The molecular weight excluding hydrogens is 529 g/mol. The molecule has 9 nitrogen and oxygen atoms in total. The van der Waals surface area contributed by atoms with E-state index in [0.717, 1.165) is 34.0 Å². The maximum atomic E-state index is 13.4. The summed E-state index contributed by atoms with van der Waals surface area (Å²) in [5.41, 5.74) is 4.62. The molecule has 0 bridgehead atoms. The van der Waals surface area contributed by atoms with Gasteiger partial charge in [0.2, 0.25) is 0 Å². The molecule has 4 aromatic rings. The number of aryl methyl sites for hydroxylation is 1. The van der Waals surface area contributed by atoms with Gasteiger partial charge in [-0.25, -0.2) is 18.7 Å². The zero-order valence-corrected chi connectivity index (χ0v) is 23.9. The number of nitrogens with zero attached hydrogens (tertiary/aromatic N) is 6. The third kappa shape index (κ3) is 5.87. The summed E-state index contributed by atoms with van der Waals surface area (Å²) in [4.78, 5) is 21.7. The molecule has 0 atom stereocenters. The molecule has 208 valence electrons. The van der Waals surface area contributed by atoms with Crippen molar-refractivity contribution in [2.24, 2.45) is 0 Å². The quantitative estimate of drug-likeness (QED) is 0.322. The molecule has 0 unspecified atom stereocenters. The van der Waals surface area contributed by atoms with E-state index in [2.05, 4.69) is 34.3 Å². The lowest BCUT2D eigenvalue weighted by Crippen LogP contribution is -2.50. The summed E-state index contributed by atoms with van der Waals surface area (Å²) in [7, 11) is 0. The second-order valence-corrected chi connectivity index (χ2v) is 11.7. The Labute approximate surface area is 236 Å². The third-order valence-electron chi connectivity index (χ3n) is 6.63. The summed E-state index contributed by atoms with van der Waals surface area (Å²) in [6, 6.07) is 12.4. The summed E-state index contributed by atoms with van der Waals surface area (Å²) < 4.78 is 20.8. The molecule has 0 spiro atoms. The summed E-state index contributed by atoms with van der Waals surface area (Å²) in [6.45, 7) is 10.7. The van der Waals surface area contributed by atoms with Gasteiger partial charge in [-0.15, -0.1) is 11.3 Å². The second-order valence-electron chi connectivity index (χ2n) is 10.6. The van der Waals surface area contributed by atoms with Crippen molar-refractivity contribution in [1.29, 1.82) is 5.26 Å². The average Bonchev–Trinajstić information content (AvgIpc) is 3.51. The highest BCUT2D eigenvalue weighted by Gasteiger charge is 2.26. The van der Waals surface area contributed by atoms with Crippen molar-refractivity contribution in [3.8, 4) is 17.3 Å². The molecule has 1 N–H and O–H groups in total. The van der Waals surface area contributed by atoms with Crippen LogP contribution in [-0.4, -0.2) is 57.4 Å². The Hall–Kier alpha value is -4.17. The van der Waals surface area contributed by atoms with Crippen molar-refractivity contribution in [2.45, 2.75) is 46.3 Å². The topological polar surface area (TPSA) is 98.8 Å². The van der Waals surface area contributed by atoms with Gasteiger partial charge in [-0.05, 0) is 63.6 Å². The summed E-state index contributed by atoms with van der Waals surface area (Å²) in [6.07, 6.45) is 2.43. The molecule has 11 heteroatoms. The Morgan fingerprint density at radius 2 is 1.90 bits per heavy atom. The number of ether oxygens (including phenoxy) is 1. The summed E-state index contributed by atoms with van der Waals surface area (Å²) >= 11 is 1.32. The summed E-state index contributed by atoms with van der Waals surface area (Å²) in [5, 5.41) is 18.7. The highest BCUT2D eigenvalue weighted by molar-refractivity contribution is 7.12. The number of nitrogens with one attached hydrogen (secondary N) is 1. The molecule has 1 saturated heterocycles. The van der Waals surface area contributed by atoms with Crippen LogP contribution in [-0.2, 0) is 17.7 Å². The minimum absolute atomic E-state index is 0.276. The van der Waals surface area contributed by atoms with E-state index in [1.54, 1.807) is 17.0 Å². The number of thiazole rings is 1. The van der Waals surface area contributed by atoms with E-state index in [0.29, 0.717) is 48.9 Å². The number of rotatable bonds is 6. The third-order valence-corrected chi connectivity index (χ3v) is 7.59. The first-order chi connectivity index (χ1) is 19.1. The number of carbonyl (C=O) groups excluding carboxylic acids is 1. The SMILES string of the molecule is CCc1nn2ccc(N3CCN(C(=O)OC(C)(C)C)CC3)cc2c1NCc1nc(-c2ccc(F)cc2)c(C#N)s1. The van der Waals surface area contributed by atoms with Gasteiger partial charge < -0.3 is 19.9 Å². The van der Waals surface area contributed by atoms with E-state index in [1.165, 1.54) is 23.5 Å². The van der Waals surface area contributed by atoms with E-state index >= 15 is 0 Å². The van der Waals surface area contributed by atoms with E-state index in [4.69, 9.17) is 9.84 Å². The lowest BCUT2D eigenvalue weighted by Gasteiger charge is -2.36. The first-order valence-electron chi connectivity index (χ1n) is 13.3. The molecule has 1 amide bonds. The number of fused-ring (bicyclic) bond motifs is 1. The first-order valence-corrected chi connectivity index (χ1v) is 14.1. The van der Waals surface area contributed by atoms with E-state index < -0.39 is 5.60 Å². The molecule has 1 fully saturated rings. The Morgan fingerprint density at radius 3 is 2.55 bits per heavy atom. The van der Waals surface area contributed by atoms with Gasteiger partial charge >= 0.3 is 6.09 Å². The van der Waals surface area contributed by atoms with Crippen LogP contribution in [0.3, 0.4) is 0 Å². The molecule has 5 rings (SSSR count). The fourth-order valence-corrected chi connectivity index (χ4v) is 5.50. The standard InChI is InChI=1S/C29H32FN7O2S/c1-5-22-27(32-18-25-33-26(24(17-31)40-25)19-6-8-20(30)9-7-19)23-16-21(10-11-37(23)34-22)35-12-14-36(15-13-35)28(38)39-29(2,3)4/h6-11,16,32H,5,12-15,18H2,1-4H3. The van der Waals surface area contributed by atoms with Crippen LogP contribution in [0.2, 0.25) is 0 Å². The molecule has 0 aliphatic carbocycles. The van der Waals surface area contributed by atoms with Gasteiger partial charge in [-0.1, -0.05) is 6.92 Å². The first kappa shape index (κ1) is 27.4. The second kappa shape index (κ2) is 11.1. The van der Waals surface area contributed by atoms with Crippen molar-refractivity contribution >= 4 is 34.3 Å². The number of piperazine rings is 1. The number of carbonyl (C=O) groups is 1. The minimum Gasteiger partial charge on any atom is -0.444 e. The lowest BCUT2D eigenvalue weighted by atomic mass is 10.1. The normalized spacial score (nSPS) is 13.9. The maximum absolute atomic E-state index is 13.4. The van der Waals surface area contributed by atoms with Crippen LogP contribution in [0.15, 0.2) is 42.6 Å². The number of hydrogen-bond acceptors (Lipinski definition) is 8. The molecule has 1 aliphatic heterocycles. The van der Waals surface area contributed by atoms with Crippen LogP contribution in [0, 0.1) is 17.1 Å². The van der Waals surface area contributed by atoms with Crippen LogP contribution in [0.5, 0.6) is 0 Å². The summed E-state index contributed by atoms with van der Waals surface area (Å²) in [5.74, 6) is -0.330. The number of benzene rings is 1. The predicted molar refractivity (Wildman–Crippen MR) is 154 cm³/mol. The Kier molecular flexibility index (Phi) is 7.63. The number of halogens is 1. The smallest absolute Gasteiger partial charge is 0.410 e. The molecule has 1 aromatic carbocycles. The molecule has 40 heavy (non-hydrogen) atoms. The van der Waals surface area contributed by atoms with Crippen LogP contribution < -0.4 is 10.2 Å². The fraction of sp³-hybridized carbons (Fsp3) is 0.379. The van der Waals surface area contributed by atoms with Gasteiger partial charge in [-0.3, -0.25) is 0 Å². The van der Waals surface area contributed by atoms with Crippen molar-refractivity contribution < 1.29 is 13.9 Å². The van der Waals surface area contributed by atoms with Gasteiger partial charge in [0, 0.05) is 43.6 Å². The highest BCUT2D eigenvalue weighted by atomic mass is 32.1. The van der Waals surface area contributed by atoms with Gasteiger partial charge in [0.15, 0.2) is 0 Å². The number of anilines is 2. The van der Waals surface area contributed by atoms with Gasteiger partial charge in [-0.2, -0.15) is 10.4 Å². The van der Waals surface area contributed by atoms with Crippen LogP contribution >= 0.6 is 11.3 Å². The average molecular weight is 562 g/mol. The monoisotopic (exact) mass is 561 g/mol. The van der Waals surface area contributed by atoms with Gasteiger partial charge in [0.05, 0.1) is 29.1 Å². The van der Waals surface area contributed by atoms with E-state index in [1.807, 2.05) is 37.5 Å². The largest absolute Gasteiger partial charge is 0.444 e. The van der Waals surface area contributed by atoms with Crippen LogP contribution in [0.1, 0.15) is 43.3 Å². The number of amides is 1. The highest BCUT2D eigenvalue weighted by Crippen LogP contribution is 2.31. The molecule has 4 heterocycles. The zero-order valence-electron chi connectivity index (χ0n) is 23.1. The van der Waals surface area contributed by atoms with Gasteiger partial charge in [0.1, 0.15) is 27.4 Å². The Bertz CT molecular complexity index is 1560. The van der Waals surface area contributed by atoms with E-state index in [9.17, 15) is 14.4 Å². The number of hydrogen-bond donors (Lipinski definition) is 1. The van der Waals surface area contributed by atoms with E-state index in [-0.39, 0.29) is 11.9 Å².